The molecule has 122 valence electrons. The summed E-state index contributed by atoms with van der Waals surface area (Å²) in [6, 6.07) is 9.78. The van der Waals surface area contributed by atoms with Crippen LogP contribution in [-0.4, -0.2) is 22.6 Å². The molecule has 2 aromatic carbocycles. The molecule has 0 amide bonds. The van der Waals surface area contributed by atoms with Crippen LogP contribution in [0.25, 0.3) is 0 Å². The molecule has 0 spiro atoms. The van der Waals surface area contributed by atoms with Crippen molar-refractivity contribution < 1.29 is 19.7 Å². The number of phenolic OH excluding ortho intramolecular Hbond substituents is 2. The average molecular weight is 314 g/mol. The fourth-order valence-electron chi connectivity index (χ4n) is 2.25. The van der Waals surface area contributed by atoms with Gasteiger partial charge < -0.3 is 14.9 Å². The number of benzene rings is 2. The standard InChI is InChI=1S/C19H22O4/c1-12-9-13(19(2,3)4)5-8-18(12)23-11-17(22)15-7-6-14(20)10-16(15)21/h5-10,20-21H,11H2,1-4H3. The minimum Gasteiger partial charge on any atom is -0.508 e. The van der Waals surface area contributed by atoms with Crippen molar-refractivity contribution in [2.24, 2.45) is 0 Å². The Bertz CT molecular complexity index is 727. The SMILES string of the molecule is Cc1cc(C(C)(C)C)ccc1OCC(=O)c1ccc(O)cc1O. The highest BCUT2D eigenvalue weighted by Gasteiger charge is 2.16. The van der Waals surface area contributed by atoms with Gasteiger partial charge in [-0.05, 0) is 41.7 Å². The van der Waals surface area contributed by atoms with E-state index in [0.717, 1.165) is 11.6 Å². The quantitative estimate of drug-likeness (QED) is 0.838. The number of aryl methyl sites for hydroxylation is 1. The van der Waals surface area contributed by atoms with E-state index in [1.54, 1.807) is 0 Å². The van der Waals surface area contributed by atoms with Crippen molar-refractivity contribution in [3.8, 4) is 17.2 Å². The molecule has 0 atom stereocenters. The molecule has 0 saturated heterocycles. The van der Waals surface area contributed by atoms with Crippen LogP contribution in [0, 0.1) is 6.92 Å². The van der Waals surface area contributed by atoms with Crippen molar-refractivity contribution in [1.29, 1.82) is 0 Å². The predicted molar refractivity (Wildman–Crippen MR) is 89.5 cm³/mol. The zero-order valence-corrected chi connectivity index (χ0v) is 13.9. The fraction of sp³-hybridized carbons (Fsp3) is 0.316. The van der Waals surface area contributed by atoms with Crippen LogP contribution in [0.5, 0.6) is 17.2 Å². The molecule has 0 heterocycles. The van der Waals surface area contributed by atoms with E-state index >= 15 is 0 Å². The normalized spacial score (nSPS) is 11.3. The van der Waals surface area contributed by atoms with Crippen molar-refractivity contribution in [1.82, 2.24) is 0 Å². The van der Waals surface area contributed by atoms with Gasteiger partial charge in [0.25, 0.3) is 0 Å². The Labute approximate surface area is 136 Å². The minimum absolute atomic E-state index is 0.0525. The summed E-state index contributed by atoms with van der Waals surface area (Å²) in [5.41, 5.74) is 2.34. The summed E-state index contributed by atoms with van der Waals surface area (Å²) in [7, 11) is 0. The molecule has 0 fully saturated rings. The van der Waals surface area contributed by atoms with Crippen LogP contribution >= 0.6 is 0 Å². The number of ketones is 1. The Morgan fingerprint density at radius 3 is 2.35 bits per heavy atom. The number of carbonyl (C=O) groups excluding carboxylic acids is 1. The molecule has 0 saturated carbocycles. The number of hydrogen-bond donors (Lipinski definition) is 2. The molecule has 0 unspecified atom stereocenters. The Balaban J connectivity index is 2.10. The predicted octanol–water partition coefficient (Wildman–Crippen LogP) is 3.97. The number of phenols is 2. The van der Waals surface area contributed by atoms with Gasteiger partial charge in [0.1, 0.15) is 17.2 Å². The molecule has 0 radical (unpaired) electrons. The van der Waals surface area contributed by atoms with Gasteiger partial charge in [0.15, 0.2) is 6.61 Å². The third-order valence-corrected chi connectivity index (χ3v) is 3.68. The van der Waals surface area contributed by atoms with Crippen LogP contribution < -0.4 is 4.74 Å². The first-order chi connectivity index (χ1) is 10.7. The monoisotopic (exact) mass is 314 g/mol. The van der Waals surface area contributed by atoms with Gasteiger partial charge in [0.2, 0.25) is 5.78 Å². The van der Waals surface area contributed by atoms with Gasteiger partial charge in [0.05, 0.1) is 5.56 Å². The van der Waals surface area contributed by atoms with Crippen LogP contribution in [0.1, 0.15) is 42.3 Å². The Hall–Kier alpha value is -2.49. The van der Waals surface area contributed by atoms with Gasteiger partial charge in [-0.15, -0.1) is 0 Å². The van der Waals surface area contributed by atoms with Crippen LogP contribution in [0.4, 0.5) is 0 Å². The van der Waals surface area contributed by atoms with Gasteiger partial charge in [-0.25, -0.2) is 0 Å². The molecule has 2 aromatic rings. The van der Waals surface area contributed by atoms with E-state index in [0.29, 0.717) is 5.75 Å². The second kappa shape index (κ2) is 6.32. The van der Waals surface area contributed by atoms with Crippen LogP contribution in [0.15, 0.2) is 36.4 Å². The van der Waals surface area contributed by atoms with Gasteiger partial charge in [0, 0.05) is 6.07 Å². The molecule has 23 heavy (non-hydrogen) atoms. The topological polar surface area (TPSA) is 66.8 Å². The summed E-state index contributed by atoms with van der Waals surface area (Å²) in [6.07, 6.45) is 0. The molecular weight excluding hydrogens is 292 g/mol. The fourth-order valence-corrected chi connectivity index (χ4v) is 2.25. The molecule has 0 aromatic heterocycles. The lowest BCUT2D eigenvalue weighted by atomic mass is 9.86. The molecule has 0 aliphatic rings. The third-order valence-electron chi connectivity index (χ3n) is 3.68. The Morgan fingerprint density at radius 2 is 1.78 bits per heavy atom. The zero-order valence-electron chi connectivity index (χ0n) is 13.9. The Kier molecular flexibility index (Phi) is 4.64. The molecule has 2 N–H and O–H groups in total. The van der Waals surface area contributed by atoms with E-state index in [4.69, 9.17) is 4.74 Å². The molecule has 4 nitrogen and oxygen atoms in total. The van der Waals surface area contributed by atoms with Crippen molar-refractivity contribution in [3.05, 3.63) is 53.1 Å². The van der Waals surface area contributed by atoms with Crippen LogP contribution in [0.2, 0.25) is 0 Å². The molecule has 2 rings (SSSR count). The van der Waals surface area contributed by atoms with E-state index in [9.17, 15) is 15.0 Å². The number of ether oxygens (including phenoxy) is 1. The van der Waals surface area contributed by atoms with E-state index in [-0.39, 0.29) is 34.9 Å². The number of Topliss-reactive ketones (excluding diaryl/α,β-unsaturated/α-hetero) is 1. The van der Waals surface area contributed by atoms with E-state index in [1.807, 2.05) is 19.1 Å². The lowest BCUT2D eigenvalue weighted by Crippen LogP contribution is -2.14. The molecule has 0 aliphatic carbocycles. The number of carbonyl (C=O) groups is 1. The van der Waals surface area contributed by atoms with E-state index in [2.05, 4.69) is 26.8 Å². The van der Waals surface area contributed by atoms with Gasteiger partial charge >= 0.3 is 0 Å². The van der Waals surface area contributed by atoms with Crippen molar-refractivity contribution in [2.45, 2.75) is 33.1 Å². The number of aromatic hydroxyl groups is 2. The van der Waals surface area contributed by atoms with Crippen molar-refractivity contribution >= 4 is 5.78 Å². The summed E-state index contributed by atoms with van der Waals surface area (Å²) in [5.74, 6) is -0.0431. The number of rotatable bonds is 4. The lowest BCUT2D eigenvalue weighted by Gasteiger charge is -2.20. The maximum Gasteiger partial charge on any atom is 0.203 e. The lowest BCUT2D eigenvalue weighted by molar-refractivity contribution is 0.0918. The largest absolute Gasteiger partial charge is 0.508 e. The summed E-state index contributed by atoms with van der Waals surface area (Å²) in [5, 5.41) is 19.0. The summed E-state index contributed by atoms with van der Waals surface area (Å²) < 4.78 is 5.58. The third kappa shape index (κ3) is 4.03. The van der Waals surface area contributed by atoms with Gasteiger partial charge in [-0.3, -0.25) is 4.79 Å². The maximum atomic E-state index is 12.1. The van der Waals surface area contributed by atoms with E-state index < -0.39 is 0 Å². The zero-order chi connectivity index (χ0) is 17.2. The average Bonchev–Trinajstić information content (AvgIpc) is 2.44. The summed E-state index contributed by atoms with van der Waals surface area (Å²) in [6.45, 7) is 8.18. The highest BCUT2D eigenvalue weighted by Crippen LogP contribution is 2.28. The highest BCUT2D eigenvalue weighted by molar-refractivity contribution is 5.99. The molecule has 4 heteroatoms. The summed E-state index contributed by atoms with van der Waals surface area (Å²) in [4.78, 5) is 12.1. The second-order valence-corrected chi connectivity index (χ2v) is 6.64. The van der Waals surface area contributed by atoms with Gasteiger partial charge in [-0.2, -0.15) is 0 Å². The molecule has 0 bridgehead atoms. The van der Waals surface area contributed by atoms with Crippen molar-refractivity contribution in [2.75, 3.05) is 6.61 Å². The summed E-state index contributed by atoms with van der Waals surface area (Å²) >= 11 is 0. The minimum atomic E-state index is -0.346. The highest BCUT2D eigenvalue weighted by atomic mass is 16.5. The smallest absolute Gasteiger partial charge is 0.203 e. The van der Waals surface area contributed by atoms with Gasteiger partial charge in [-0.1, -0.05) is 32.9 Å². The second-order valence-electron chi connectivity index (χ2n) is 6.64. The first-order valence-electron chi connectivity index (χ1n) is 7.47. The molecular formula is C19H22O4. The van der Waals surface area contributed by atoms with Crippen LogP contribution in [-0.2, 0) is 5.41 Å². The molecule has 0 aliphatic heterocycles. The first-order valence-corrected chi connectivity index (χ1v) is 7.47. The maximum absolute atomic E-state index is 12.1. The first kappa shape index (κ1) is 16.9. The number of hydrogen-bond acceptors (Lipinski definition) is 4. The van der Waals surface area contributed by atoms with Crippen LogP contribution in [0.3, 0.4) is 0 Å². The van der Waals surface area contributed by atoms with Crippen molar-refractivity contribution in [3.63, 3.8) is 0 Å². The van der Waals surface area contributed by atoms with E-state index in [1.165, 1.54) is 17.7 Å². The Morgan fingerprint density at radius 1 is 1.09 bits per heavy atom.